The van der Waals surface area contributed by atoms with Crippen LogP contribution >= 0.6 is 0 Å². The molecule has 0 amide bonds. The van der Waals surface area contributed by atoms with E-state index >= 15 is 0 Å². The smallest absolute Gasteiger partial charge is 0.0246 e. The Hall–Kier alpha value is -0.120. The molecule has 3 unspecified atom stereocenters. The van der Waals surface area contributed by atoms with Crippen molar-refractivity contribution in [2.45, 2.75) is 51.5 Å². The highest BCUT2D eigenvalue weighted by Crippen LogP contribution is 2.33. The Bertz CT molecular complexity index is 271. The molecular formula is C17H35N3. The lowest BCUT2D eigenvalue weighted by Gasteiger charge is -2.43. The Balaban J connectivity index is 1.83. The fourth-order valence-electron chi connectivity index (χ4n) is 4.45. The number of hydrogen-bond acceptors (Lipinski definition) is 3. The molecule has 1 aliphatic carbocycles. The van der Waals surface area contributed by atoms with Crippen LogP contribution in [0.3, 0.4) is 0 Å². The molecule has 20 heavy (non-hydrogen) atoms. The molecule has 0 bridgehead atoms. The first-order valence-corrected chi connectivity index (χ1v) is 8.69. The van der Waals surface area contributed by atoms with Gasteiger partial charge in [-0.15, -0.1) is 0 Å². The predicted octanol–water partition coefficient (Wildman–Crippen LogP) is 2.41. The molecule has 2 rings (SSSR count). The Morgan fingerprint density at radius 3 is 2.40 bits per heavy atom. The highest BCUT2D eigenvalue weighted by atomic mass is 15.2. The lowest BCUT2D eigenvalue weighted by Crippen LogP contribution is -2.50. The molecule has 1 aliphatic heterocycles. The first-order valence-electron chi connectivity index (χ1n) is 8.69. The van der Waals surface area contributed by atoms with Crippen molar-refractivity contribution in [2.75, 3.05) is 40.3 Å². The van der Waals surface area contributed by atoms with E-state index in [-0.39, 0.29) is 0 Å². The summed E-state index contributed by atoms with van der Waals surface area (Å²) >= 11 is 0. The third-order valence-electron chi connectivity index (χ3n) is 5.50. The summed E-state index contributed by atoms with van der Waals surface area (Å²) in [5.74, 6) is 2.66. The highest BCUT2D eigenvalue weighted by Gasteiger charge is 2.32. The molecule has 1 saturated heterocycles. The lowest BCUT2D eigenvalue weighted by atomic mass is 9.77. The standard InChI is InChI=1S/C17H35N3/c1-14-5-4-6-16(11-14)17(12-18)20-9-7-15(8-10-20)13-19(2)3/h14-17H,4-13,18H2,1-3H3. The van der Waals surface area contributed by atoms with Gasteiger partial charge in [-0.05, 0) is 70.6 Å². The zero-order chi connectivity index (χ0) is 14.5. The largest absolute Gasteiger partial charge is 0.329 e. The van der Waals surface area contributed by atoms with Crippen LogP contribution in [0.5, 0.6) is 0 Å². The maximum Gasteiger partial charge on any atom is 0.0246 e. The Labute approximate surface area is 125 Å². The highest BCUT2D eigenvalue weighted by molar-refractivity contribution is 4.87. The summed E-state index contributed by atoms with van der Waals surface area (Å²) < 4.78 is 0. The molecule has 0 spiro atoms. The topological polar surface area (TPSA) is 32.5 Å². The molecule has 0 aromatic rings. The number of nitrogens with two attached hydrogens (primary N) is 1. The molecule has 2 N–H and O–H groups in total. The van der Waals surface area contributed by atoms with Gasteiger partial charge in [-0.2, -0.15) is 0 Å². The van der Waals surface area contributed by atoms with Crippen LogP contribution in [0.2, 0.25) is 0 Å². The molecule has 118 valence electrons. The van der Waals surface area contributed by atoms with Gasteiger partial charge in [-0.25, -0.2) is 0 Å². The van der Waals surface area contributed by atoms with Crippen molar-refractivity contribution in [3.8, 4) is 0 Å². The van der Waals surface area contributed by atoms with E-state index in [4.69, 9.17) is 5.73 Å². The molecular weight excluding hydrogens is 246 g/mol. The predicted molar refractivity (Wildman–Crippen MR) is 86.8 cm³/mol. The van der Waals surface area contributed by atoms with E-state index in [2.05, 4.69) is 30.8 Å². The Morgan fingerprint density at radius 1 is 1.15 bits per heavy atom. The van der Waals surface area contributed by atoms with E-state index < -0.39 is 0 Å². The van der Waals surface area contributed by atoms with Crippen LogP contribution < -0.4 is 5.73 Å². The molecule has 0 radical (unpaired) electrons. The maximum atomic E-state index is 6.15. The van der Waals surface area contributed by atoms with Gasteiger partial charge in [-0.3, -0.25) is 4.90 Å². The van der Waals surface area contributed by atoms with Gasteiger partial charge in [0.05, 0.1) is 0 Å². The fourth-order valence-corrected chi connectivity index (χ4v) is 4.45. The first kappa shape index (κ1) is 16.3. The first-order chi connectivity index (χ1) is 9.60. The SMILES string of the molecule is CC1CCCC(C(CN)N2CCC(CN(C)C)CC2)C1. The second-order valence-electron chi connectivity index (χ2n) is 7.58. The van der Waals surface area contributed by atoms with Gasteiger partial charge in [0, 0.05) is 19.1 Å². The van der Waals surface area contributed by atoms with E-state index in [1.165, 1.54) is 58.2 Å². The van der Waals surface area contributed by atoms with Gasteiger partial charge in [0.15, 0.2) is 0 Å². The molecule has 0 aromatic heterocycles. The number of piperidine rings is 1. The van der Waals surface area contributed by atoms with Crippen molar-refractivity contribution in [3.63, 3.8) is 0 Å². The molecule has 2 fully saturated rings. The van der Waals surface area contributed by atoms with Crippen LogP contribution in [0.1, 0.15) is 45.4 Å². The second kappa shape index (κ2) is 7.77. The monoisotopic (exact) mass is 281 g/mol. The number of rotatable bonds is 5. The van der Waals surface area contributed by atoms with E-state index in [1.54, 1.807) is 0 Å². The summed E-state index contributed by atoms with van der Waals surface area (Å²) in [5.41, 5.74) is 6.15. The van der Waals surface area contributed by atoms with Crippen molar-refractivity contribution in [2.24, 2.45) is 23.5 Å². The molecule has 2 aliphatic rings. The van der Waals surface area contributed by atoms with Gasteiger partial charge < -0.3 is 10.6 Å². The normalized spacial score (nSPS) is 31.6. The second-order valence-corrected chi connectivity index (χ2v) is 7.58. The fraction of sp³-hybridized carbons (Fsp3) is 1.00. The van der Waals surface area contributed by atoms with Crippen LogP contribution in [-0.4, -0.2) is 56.1 Å². The quantitative estimate of drug-likeness (QED) is 0.840. The minimum atomic E-state index is 0.651. The van der Waals surface area contributed by atoms with E-state index in [0.29, 0.717) is 6.04 Å². The average molecular weight is 281 g/mol. The van der Waals surface area contributed by atoms with Crippen molar-refractivity contribution >= 4 is 0 Å². The third kappa shape index (κ3) is 4.44. The average Bonchev–Trinajstić information content (AvgIpc) is 2.41. The number of nitrogens with zero attached hydrogens (tertiary/aromatic N) is 2. The minimum Gasteiger partial charge on any atom is -0.329 e. The van der Waals surface area contributed by atoms with Crippen LogP contribution in [0, 0.1) is 17.8 Å². The van der Waals surface area contributed by atoms with Crippen molar-refractivity contribution in [1.82, 2.24) is 9.80 Å². The summed E-state index contributed by atoms with van der Waals surface area (Å²) in [6.45, 7) is 7.07. The molecule has 3 heteroatoms. The van der Waals surface area contributed by atoms with Gasteiger partial charge >= 0.3 is 0 Å². The van der Waals surface area contributed by atoms with Crippen LogP contribution in [-0.2, 0) is 0 Å². The van der Waals surface area contributed by atoms with E-state index in [0.717, 1.165) is 24.3 Å². The van der Waals surface area contributed by atoms with Gasteiger partial charge in [0.1, 0.15) is 0 Å². The van der Waals surface area contributed by atoms with Crippen molar-refractivity contribution < 1.29 is 0 Å². The molecule has 1 heterocycles. The van der Waals surface area contributed by atoms with Crippen LogP contribution in [0.25, 0.3) is 0 Å². The molecule has 0 aromatic carbocycles. The summed E-state index contributed by atoms with van der Waals surface area (Å²) in [6.07, 6.45) is 8.37. The summed E-state index contributed by atoms with van der Waals surface area (Å²) in [5, 5.41) is 0. The molecule has 1 saturated carbocycles. The third-order valence-corrected chi connectivity index (χ3v) is 5.50. The lowest BCUT2D eigenvalue weighted by molar-refractivity contribution is 0.0692. The van der Waals surface area contributed by atoms with Gasteiger partial charge in [0.25, 0.3) is 0 Å². The minimum absolute atomic E-state index is 0.651. The molecule has 3 atom stereocenters. The van der Waals surface area contributed by atoms with Crippen molar-refractivity contribution in [1.29, 1.82) is 0 Å². The van der Waals surface area contributed by atoms with Gasteiger partial charge in [-0.1, -0.05) is 19.8 Å². The van der Waals surface area contributed by atoms with Crippen molar-refractivity contribution in [3.05, 3.63) is 0 Å². The Kier molecular flexibility index (Phi) is 6.31. The van der Waals surface area contributed by atoms with Crippen LogP contribution in [0.15, 0.2) is 0 Å². The van der Waals surface area contributed by atoms with E-state index in [1.807, 2.05) is 0 Å². The summed E-state index contributed by atoms with van der Waals surface area (Å²) in [6, 6.07) is 0.651. The maximum absolute atomic E-state index is 6.15. The number of likely N-dealkylation sites (tertiary alicyclic amines) is 1. The van der Waals surface area contributed by atoms with Gasteiger partial charge in [0.2, 0.25) is 0 Å². The van der Waals surface area contributed by atoms with E-state index in [9.17, 15) is 0 Å². The zero-order valence-corrected chi connectivity index (χ0v) is 13.9. The number of hydrogen-bond donors (Lipinski definition) is 1. The van der Waals surface area contributed by atoms with Crippen LogP contribution in [0.4, 0.5) is 0 Å². The Morgan fingerprint density at radius 2 is 1.85 bits per heavy atom. The zero-order valence-electron chi connectivity index (χ0n) is 13.9. The molecule has 3 nitrogen and oxygen atoms in total. The summed E-state index contributed by atoms with van der Waals surface area (Å²) in [7, 11) is 4.39. The summed E-state index contributed by atoms with van der Waals surface area (Å²) in [4.78, 5) is 5.05.